The minimum Gasteiger partial charge on any atom is -0.493 e. The maximum absolute atomic E-state index is 13.2. The normalized spacial score (nSPS) is 18.7. The van der Waals surface area contributed by atoms with Crippen molar-refractivity contribution >= 4 is 17.4 Å². The molecule has 27 heavy (non-hydrogen) atoms. The number of hydrogen-bond acceptors (Lipinski definition) is 5. The van der Waals surface area contributed by atoms with E-state index in [0.717, 1.165) is 25.9 Å². The van der Waals surface area contributed by atoms with Crippen LogP contribution in [0.1, 0.15) is 39.2 Å². The lowest BCUT2D eigenvalue weighted by Crippen LogP contribution is -2.41. The minimum absolute atomic E-state index is 0.193. The third-order valence-electron chi connectivity index (χ3n) is 5.38. The fourth-order valence-electron chi connectivity index (χ4n) is 3.78. The maximum Gasteiger partial charge on any atom is 0.278 e. The molecule has 1 saturated heterocycles. The zero-order valence-electron chi connectivity index (χ0n) is 16.7. The molecule has 146 valence electrons. The van der Waals surface area contributed by atoms with Crippen molar-refractivity contribution in [2.24, 2.45) is 5.92 Å². The van der Waals surface area contributed by atoms with Crippen LogP contribution >= 0.6 is 0 Å². The standard InChI is InChI=1S/C21H28N2O4/c1-13(2)23-20(24)18(15-6-7-16(26-4)17(12-15)27-5)19(21(23)25)22-10-8-14(3)9-11-22/h6-7,12-14H,8-11H2,1-5H3. The second kappa shape index (κ2) is 7.62. The number of piperidine rings is 1. The van der Waals surface area contributed by atoms with Gasteiger partial charge in [-0.1, -0.05) is 13.0 Å². The topological polar surface area (TPSA) is 59.1 Å². The van der Waals surface area contributed by atoms with Gasteiger partial charge in [0.05, 0.1) is 19.8 Å². The molecule has 0 radical (unpaired) electrons. The number of methoxy groups -OCH3 is 2. The van der Waals surface area contributed by atoms with Gasteiger partial charge in [0.15, 0.2) is 11.5 Å². The molecule has 6 heteroatoms. The van der Waals surface area contributed by atoms with Crippen LogP contribution in [-0.2, 0) is 9.59 Å². The van der Waals surface area contributed by atoms with Crippen LogP contribution in [0.25, 0.3) is 5.57 Å². The Bertz CT molecular complexity index is 776. The number of imide groups is 1. The summed E-state index contributed by atoms with van der Waals surface area (Å²) in [7, 11) is 3.13. The highest BCUT2D eigenvalue weighted by atomic mass is 16.5. The van der Waals surface area contributed by atoms with Gasteiger partial charge in [-0.25, -0.2) is 0 Å². The molecule has 0 bridgehead atoms. The minimum atomic E-state index is -0.240. The first-order chi connectivity index (χ1) is 12.9. The van der Waals surface area contributed by atoms with Gasteiger partial charge in [-0.15, -0.1) is 0 Å². The van der Waals surface area contributed by atoms with Crippen LogP contribution in [0.2, 0.25) is 0 Å². The molecule has 0 unspecified atom stereocenters. The highest BCUT2D eigenvalue weighted by Gasteiger charge is 2.43. The number of carbonyl (C=O) groups is 2. The Labute approximate surface area is 160 Å². The van der Waals surface area contributed by atoms with E-state index >= 15 is 0 Å². The van der Waals surface area contributed by atoms with Crippen LogP contribution in [0.4, 0.5) is 0 Å². The summed E-state index contributed by atoms with van der Waals surface area (Å²) in [6.07, 6.45) is 2.04. The van der Waals surface area contributed by atoms with Gasteiger partial charge in [-0.2, -0.15) is 0 Å². The lowest BCUT2D eigenvalue weighted by atomic mass is 9.97. The van der Waals surface area contributed by atoms with Crippen LogP contribution in [0, 0.1) is 5.92 Å². The number of benzene rings is 1. The van der Waals surface area contributed by atoms with E-state index in [9.17, 15) is 9.59 Å². The summed E-state index contributed by atoms with van der Waals surface area (Å²) in [6.45, 7) is 7.53. The van der Waals surface area contributed by atoms with Gasteiger partial charge in [0.25, 0.3) is 11.8 Å². The molecule has 6 nitrogen and oxygen atoms in total. The van der Waals surface area contributed by atoms with E-state index < -0.39 is 0 Å². The summed E-state index contributed by atoms with van der Waals surface area (Å²) >= 11 is 0. The van der Waals surface area contributed by atoms with Crippen LogP contribution in [0.5, 0.6) is 11.5 Å². The van der Waals surface area contributed by atoms with Crippen molar-refractivity contribution in [3.05, 3.63) is 29.5 Å². The molecule has 0 aromatic heterocycles. The molecule has 0 atom stereocenters. The van der Waals surface area contributed by atoms with E-state index in [-0.39, 0.29) is 17.9 Å². The number of nitrogens with zero attached hydrogens (tertiary/aromatic N) is 2. The molecule has 0 aliphatic carbocycles. The van der Waals surface area contributed by atoms with Gasteiger partial charge in [-0.3, -0.25) is 14.5 Å². The average molecular weight is 372 g/mol. The summed E-state index contributed by atoms with van der Waals surface area (Å²) in [5.41, 5.74) is 1.67. The highest BCUT2D eigenvalue weighted by molar-refractivity contribution is 6.35. The lowest BCUT2D eigenvalue weighted by molar-refractivity contribution is -0.139. The van der Waals surface area contributed by atoms with Gasteiger partial charge in [0.1, 0.15) is 5.70 Å². The fraction of sp³-hybridized carbons (Fsp3) is 0.524. The molecule has 0 saturated carbocycles. The van der Waals surface area contributed by atoms with Crippen molar-refractivity contribution in [1.29, 1.82) is 0 Å². The van der Waals surface area contributed by atoms with Crippen LogP contribution in [0.3, 0.4) is 0 Å². The number of amides is 2. The molecule has 2 aliphatic rings. The van der Waals surface area contributed by atoms with Crippen LogP contribution < -0.4 is 9.47 Å². The fourth-order valence-corrected chi connectivity index (χ4v) is 3.78. The Morgan fingerprint density at radius 1 is 1.00 bits per heavy atom. The van der Waals surface area contributed by atoms with Crippen LogP contribution in [-0.4, -0.2) is 55.0 Å². The van der Waals surface area contributed by atoms with E-state index in [1.54, 1.807) is 26.4 Å². The van der Waals surface area contributed by atoms with Crippen molar-refractivity contribution < 1.29 is 19.1 Å². The smallest absolute Gasteiger partial charge is 0.278 e. The first-order valence-corrected chi connectivity index (χ1v) is 9.48. The number of likely N-dealkylation sites (tertiary alicyclic amines) is 1. The number of hydrogen-bond donors (Lipinski definition) is 0. The predicted octanol–water partition coefficient (Wildman–Crippen LogP) is 2.92. The Morgan fingerprint density at radius 3 is 2.19 bits per heavy atom. The summed E-state index contributed by atoms with van der Waals surface area (Å²) < 4.78 is 10.7. The van der Waals surface area contributed by atoms with Gasteiger partial charge < -0.3 is 14.4 Å². The Morgan fingerprint density at radius 2 is 1.63 bits per heavy atom. The quantitative estimate of drug-likeness (QED) is 0.744. The second-order valence-corrected chi connectivity index (χ2v) is 7.54. The van der Waals surface area contributed by atoms with Gasteiger partial charge in [0, 0.05) is 19.1 Å². The Hall–Kier alpha value is -2.50. The molecule has 2 amide bonds. The van der Waals surface area contributed by atoms with E-state index in [1.807, 2.05) is 19.9 Å². The number of ether oxygens (including phenoxy) is 2. The van der Waals surface area contributed by atoms with Gasteiger partial charge in [-0.05, 0) is 50.3 Å². The van der Waals surface area contributed by atoms with E-state index in [0.29, 0.717) is 34.3 Å². The van der Waals surface area contributed by atoms with Crippen LogP contribution in [0.15, 0.2) is 23.9 Å². The molecule has 1 aromatic carbocycles. The van der Waals surface area contributed by atoms with E-state index in [2.05, 4.69) is 11.8 Å². The lowest BCUT2D eigenvalue weighted by Gasteiger charge is -2.33. The SMILES string of the molecule is COc1ccc(C2=C(N3CCC(C)CC3)C(=O)N(C(C)C)C2=O)cc1OC. The first kappa shape index (κ1) is 19.3. The second-order valence-electron chi connectivity index (χ2n) is 7.54. The van der Waals surface area contributed by atoms with Crippen molar-refractivity contribution in [3.63, 3.8) is 0 Å². The van der Waals surface area contributed by atoms with E-state index in [4.69, 9.17) is 9.47 Å². The summed E-state index contributed by atoms with van der Waals surface area (Å²) in [5.74, 6) is 1.33. The number of rotatable bonds is 5. The first-order valence-electron chi connectivity index (χ1n) is 9.48. The molecule has 2 heterocycles. The van der Waals surface area contributed by atoms with Gasteiger partial charge in [0.2, 0.25) is 0 Å². The largest absolute Gasteiger partial charge is 0.493 e. The predicted molar refractivity (Wildman–Crippen MR) is 103 cm³/mol. The molecular weight excluding hydrogens is 344 g/mol. The molecule has 1 fully saturated rings. The average Bonchev–Trinajstić information content (AvgIpc) is 2.92. The Kier molecular flexibility index (Phi) is 5.44. The highest BCUT2D eigenvalue weighted by Crippen LogP contribution is 2.38. The zero-order chi connectivity index (χ0) is 19.7. The molecule has 0 spiro atoms. The summed E-state index contributed by atoms with van der Waals surface area (Å²) in [6, 6.07) is 5.17. The third-order valence-corrected chi connectivity index (χ3v) is 5.38. The molecule has 0 N–H and O–H groups in total. The van der Waals surface area contributed by atoms with Crippen molar-refractivity contribution in [1.82, 2.24) is 9.80 Å². The van der Waals surface area contributed by atoms with E-state index in [1.165, 1.54) is 4.90 Å². The summed E-state index contributed by atoms with van der Waals surface area (Å²) in [4.78, 5) is 29.8. The third kappa shape index (κ3) is 3.40. The van der Waals surface area contributed by atoms with Crippen molar-refractivity contribution in [3.8, 4) is 11.5 Å². The molecule has 2 aliphatic heterocycles. The zero-order valence-corrected chi connectivity index (χ0v) is 16.7. The van der Waals surface area contributed by atoms with Crippen molar-refractivity contribution in [2.75, 3.05) is 27.3 Å². The Balaban J connectivity index is 2.11. The summed E-state index contributed by atoms with van der Waals surface area (Å²) in [5, 5.41) is 0. The monoisotopic (exact) mass is 372 g/mol. The molecular formula is C21H28N2O4. The molecule has 3 rings (SSSR count). The van der Waals surface area contributed by atoms with Crippen molar-refractivity contribution in [2.45, 2.75) is 39.7 Å². The van der Waals surface area contributed by atoms with Gasteiger partial charge >= 0.3 is 0 Å². The maximum atomic E-state index is 13.2. The number of carbonyl (C=O) groups excluding carboxylic acids is 2. The molecule has 1 aromatic rings.